The minimum absolute atomic E-state index is 0.338. The van der Waals surface area contributed by atoms with Gasteiger partial charge in [-0.2, -0.15) is 0 Å². The molecule has 3 aromatic rings. The Hall–Kier alpha value is -2.47. The molecule has 1 atom stereocenters. The summed E-state index contributed by atoms with van der Waals surface area (Å²) < 4.78 is 1.96. The van der Waals surface area contributed by atoms with E-state index < -0.39 is 0 Å². The van der Waals surface area contributed by atoms with Gasteiger partial charge in [0, 0.05) is 43.9 Å². The van der Waals surface area contributed by atoms with Crippen LogP contribution in [0.1, 0.15) is 36.6 Å². The molecule has 24 heavy (non-hydrogen) atoms. The maximum absolute atomic E-state index is 4.77. The number of hydrogen-bond acceptors (Lipinski definition) is 5. The second-order valence-electron chi connectivity index (χ2n) is 6.23. The molecule has 1 aliphatic heterocycles. The molecule has 124 valence electrons. The number of piperidine rings is 1. The van der Waals surface area contributed by atoms with Gasteiger partial charge in [0.2, 0.25) is 5.78 Å². The molecular formula is C18H22N6. The predicted molar refractivity (Wildman–Crippen MR) is 93.8 cm³/mol. The van der Waals surface area contributed by atoms with Gasteiger partial charge >= 0.3 is 0 Å². The fraction of sp³-hybridized carbons (Fsp3) is 0.389. The molecule has 0 spiro atoms. The van der Waals surface area contributed by atoms with Crippen LogP contribution in [-0.2, 0) is 6.54 Å². The van der Waals surface area contributed by atoms with Gasteiger partial charge in [-0.1, -0.05) is 12.5 Å². The van der Waals surface area contributed by atoms with Gasteiger partial charge < -0.3 is 5.32 Å². The fourth-order valence-electron chi connectivity index (χ4n) is 3.53. The highest BCUT2D eigenvalue weighted by molar-refractivity contribution is 5.43. The van der Waals surface area contributed by atoms with Crippen molar-refractivity contribution in [2.24, 2.45) is 0 Å². The third kappa shape index (κ3) is 2.85. The molecule has 0 aromatic carbocycles. The lowest BCUT2D eigenvalue weighted by molar-refractivity contribution is 0.137. The van der Waals surface area contributed by atoms with Crippen LogP contribution in [0.4, 0.5) is 5.82 Å². The number of hydrogen-bond donors (Lipinski definition) is 1. The number of aromatic nitrogens is 4. The molecule has 0 amide bonds. The largest absolute Gasteiger partial charge is 0.373 e. The van der Waals surface area contributed by atoms with Crippen LogP contribution in [0.15, 0.2) is 43.0 Å². The van der Waals surface area contributed by atoms with Crippen molar-refractivity contribution < 1.29 is 0 Å². The predicted octanol–water partition coefficient (Wildman–Crippen LogP) is 2.89. The second-order valence-corrected chi connectivity index (χ2v) is 6.23. The summed E-state index contributed by atoms with van der Waals surface area (Å²) in [6.45, 7) is 1.97. The van der Waals surface area contributed by atoms with Crippen molar-refractivity contribution in [3.8, 4) is 0 Å². The third-order valence-electron chi connectivity index (χ3n) is 4.74. The van der Waals surface area contributed by atoms with E-state index in [-0.39, 0.29) is 0 Å². The van der Waals surface area contributed by atoms with E-state index in [1.807, 2.05) is 29.9 Å². The first-order valence-corrected chi connectivity index (χ1v) is 8.50. The Kier molecular flexibility index (Phi) is 4.13. The Morgan fingerprint density at radius 1 is 1.17 bits per heavy atom. The summed E-state index contributed by atoms with van der Waals surface area (Å²) in [5.41, 5.74) is 2.34. The summed E-state index contributed by atoms with van der Waals surface area (Å²) >= 11 is 0. The monoisotopic (exact) mass is 322 g/mol. The standard InChI is InChI=1S/C18H22N6/c1-19-17-14(5-4-8-20-17)13-24-10-3-2-6-16(24)15-7-11-23-12-9-21-18(23)22-15/h4-5,7-9,11-12,16H,2-3,6,10,13H2,1H3,(H,19,20). The molecule has 0 bridgehead atoms. The molecule has 6 heteroatoms. The van der Waals surface area contributed by atoms with Crippen LogP contribution in [0.5, 0.6) is 0 Å². The van der Waals surface area contributed by atoms with Crippen LogP contribution in [-0.4, -0.2) is 37.8 Å². The molecule has 1 fully saturated rings. The highest BCUT2D eigenvalue weighted by Crippen LogP contribution is 2.32. The van der Waals surface area contributed by atoms with E-state index in [1.54, 1.807) is 6.20 Å². The minimum atomic E-state index is 0.338. The van der Waals surface area contributed by atoms with Gasteiger partial charge in [0.05, 0.1) is 11.7 Å². The smallest absolute Gasteiger partial charge is 0.233 e. The summed E-state index contributed by atoms with van der Waals surface area (Å²) in [5, 5.41) is 3.19. The average Bonchev–Trinajstić information content (AvgIpc) is 3.10. The maximum atomic E-state index is 4.77. The Bertz CT molecular complexity index is 827. The minimum Gasteiger partial charge on any atom is -0.373 e. The molecular weight excluding hydrogens is 300 g/mol. The van der Waals surface area contributed by atoms with Gasteiger partial charge in [0.15, 0.2) is 0 Å². The van der Waals surface area contributed by atoms with E-state index in [1.165, 1.54) is 18.4 Å². The molecule has 6 nitrogen and oxygen atoms in total. The summed E-state index contributed by atoms with van der Waals surface area (Å²) in [7, 11) is 1.92. The number of imidazole rings is 1. The SMILES string of the molecule is CNc1ncccc1CN1CCCCC1c1ccn2ccnc2n1. The van der Waals surface area contributed by atoms with Crippen molar-refractivity contribution in [3.63, 3.8) is 0 Å². The molecule has 4 heterocycles. The van der Waals surface area contributed by atoms with E-state index in [0.29, 0.717) is 6.04 Å². The van der Waals surface area contributed by atoms with Crippen LogP contribution in [0.3, 0.4) is 0 Å². The van der Waals surface area contributed by atoms with Crippen molar-refractivity contribution >= 4 is 11.6 Å². The van der Waals surface area contributed by atoms with Crippen LogP contribution >= 0.6 is 0 Å². The fourth-order valence-corrected chi connectivity index (χ4v) is 3.53. The second kappa shape index (κ2) is 6.57. The van der Waals surface area contributed by atoms with Crippen molar-refractivity contribution in [3.05, 3.63) is 54.2 Å². The molecule has 3 aromatic heterocycles. The number of anilines is 1. The van der Waals surface area contributed by atoms with Crippen LogP contribution in [0.2, 0.25) is 0 Å². The first-order valence-electron chi connectivity index (χ1n) is 8.50. The van der Waals surface area contributed by atoms with Crippen molar-refractivity contribution in [2.45, 2.75) is 31.8 Å². The number of likely N-dealkylation sites (tertiary alicyclic amines) is 1. The molecule has 0 saturated carbocycles. The highest BCUT2D eigenvalue weighted by Gasteiger charge is 2.26. The maximum Gasteiger partial charge on any atom is 0.233 e. The van der Waals surface area contributed by atoms with E-state index in [0.717, 1.165) is 36.8 Å². The number of fused-ring (bicyclic) bond motifs is 1. The Balaban J connectivity index is 1.62. The zero-order chi connectivity index (χ0) is 16.4. The van der Waals surface area contributed by atoms with Crippen LogP contribution in [0, 0.1) is 0 Å². The van der Waals surface area contributed by atoms with Gasteiger partial charge in [-0.3, -0.25) is 9.30 Å². The lowest BCUT2D eigenvalue weighted by Crippen LogP contribution is -2.33. The summed E-state index contributed by atoms with van der Waals surface area (Å²) in [6.07, 6.45) is 11.2. The average molecular weight is 322 g/mol. The summed E-state index contributed by atoms with van der Waals surface area (Å²) in [6, 6.07) is 6.62. The molecule has 0 radical (unpaired) electrons. The first kappa shape index (κ1) is 15.1. The summed E-state index contributed by atoms with van der Waals surface area (Å²) in [4.78, 5) is 16.0. The zero-order valence-electron chi connectivity index (χ0n) is 13.9. The highest BCUT2D eigenvalue weighted by atomic mass is 15.2. The van der Waals surface area contributed by atoms with Gasteiger partial charge in [-0.15, -0.1) is 0 Å². The van der Waals surface area contributed by atoms with E-state index in [9.17, 15) is 0 Å². The van der Waals surface area contributed by atoms with Crippen molar-refractivity contribution in [1.29, 1.82) is 0 Å². The topological polar surface area (TPSA) is 58.4 Å². The first-order chi connectivity index (χ1) is 11.8. The number of nitrogens with zero attached hydrogens (tertiary/aromatic N) is 5. The lowest BCUT2D eigenvalue weighted by Gasteiger charge is -2.35. The van der Waals surface area contributed by atoms with E-state index in [4.69, 9.17) is 4.98 Å². The lowest BCUT2D eigenvalue weighted by atomic mass is 9.98. The number of nitrogens with one attached hydrogen (secondary N) is 1. The normalized spacial score (nSPS) is 18.8. The molecule has 1 N–H and O–H groups in total. The quantitative estimate of drug-likeness (QED) is 0.800. The van der Waals surface area contributed by atoms with Gasteiger partial charge in [-0.25, -0.2) is 15.0 Å². The van der Waals surface area contributed by atoms with Gasteiger partial charge in [0.1, 0.15) is 5.82 Å². The van der Waals surface area contributed by atoms with E-state index in [2.05, 4.69) is 38.5 Å². The van der Waals surface area contributed by atoms with Crippen LogP contribution < -0.4 is 5.32 Å². The van der Waals surface area contributed by atoms with Crippen molar-refractivity contribution in [2.75, 3.05) is 18.9 Å². The van der Waals surface area contributed by atoms with Crippen LogP contribution in [0.25, 0.3) is 5.78 Å². The molecule has 1 aliphatic rings. The molecule has 0 aliphatic carbocycles. The number of rotatable bonds is 4. The number of pyridine rings is 1. The Morgan fingerprint density at radius 3 is 3.04 bits per heavy atom. The third-order valence-corrected chi connectivity index (χ3v) is 4.74. The molecule has 1 saturated heterocycles. The summed E-state index contributed by atoms with van der Waals surface area (Å²) in [5.74, 6) is 1.73. The zero-order valence-corrected chi connectivity index (χ0v) is 13.9. The van der Waals surface area contributed by atoms with Gasteiger partial charge in [0.25, 0.3) is 0 Å². The molecule has 4 rings (SSSR count). The van der Waals surface area contributed by atoms with Crippen molar-refractivity contribution in [1.82, 2.24) is 24.3 Å². The Morgan fingerprint density at radius 2 is 2.12 bits per heavy atom. The van der Waals surface area contributed by atoms with Gasteiger partial charge in [-0.05, 0) is 31.5 Å². The molecule has 1 unspecified atom stereocenters. The van der Waals surface area contributed by atoms with E-state index >= 15 is 0 Å². The Labute approximate surface area is 141 Å².